The van der Waals surface area contributed by atoms with Crippen LogP contribution < -0.4 is 10.2 Å². The lowest BCUT2D eigenvalue weighted by Gasteiger charge is -2.30. The van der Waals surface area contributed by atoms with Gasteiger partial charge in [-0.1, -0.05) is 11.6 Å². The minimum atomic E-state index is -0.707. The summed E-state index contributed by atoms with van der Waals surface area (Å²) >= 11 is 6.10. The molecule has 1 N–H and O–H groups in total. The van der Waals surface area contributed by atoms with E-state index in [1.54, 1.807) is 37.7 Å². The molecule has 0 saturated carbocycles. The van der Waals surface area contributed by atoms with Gasteiger partial charge in [0.2, 0.25) is 0 Å². The number of benzene rings is 1. The Balaban J connectivity index is 1.87. The largest absolute Gasteiger partial charge is 0.378 e. The lowest BCUT2D eigenvalue weighted by molar-refractivity contribution is -0.112. The summed E-state index contributed by atoms with van der Waals surface area (Å²) in [5.74, 6) is -1.32. The number of rotatable bonds is 4. The smallest absolute Gasteiger partial charge is 0.296 e. The van der Waals surface area contributed by atoms with Gasteiger partial charge >= 0.3 is 0 Å². The zero-order valence-corrected chi connectivity index (χ0v) is 15.8. The maximum atomic E-state index is 12.6. The van der Waals surface area contributed by atoms with Gasteiger partial charge in [0.15, 0.2) is 0 Å². The lowest BCUT2D eigenvalue weighted by Crippen LogP contribution is -2.37. The molecule has 0 radical (unpaired) electrons. The van der Waals surface area contributed by atoms with Crippen molar-refractivity contribution in [3.8, 4) is 0 Å². The molecule has 1 aliphatic heterocycles. The fourth-order valence-electron chi connectivity index (χ4n) is 3.08. The van der Waals surface area contributed by atoms with E-state index in [1.165, 1.54) is 0 Å². The average Bonchev–Trinajstić information content (AvgIpc) is 2.87. The maximum absolute atomic E-state index is 12.6. The molecule has 2 aromatic rings. The van der Waals surface area contributed by atoms with Crippen molar-refractivity contribution in [1.82, 2.24) is 9.78 Å². The van der Waals surface area contributed by atoms with Gasteiger partial charge in [0.25, 0.3) is 11.7 Å². The van der Waals surface area contributed by atoms with Crippen LogP contribution in [0.15, 0.2) is 18.2 Å². The van der Waals surface area contributed by atoms with Crippen LogP contribution in [0.25, 0.3) is 0 Å². The summed E-state index contributed by atoms with van der Waals surface area (Å²) in [6.07, 6.45) is 0. The molecule has 0 unspecified atom stereocenters. The van der Waals surface area contributed by atoms with Crippen molar-refractivity contribution in [2.24, 2.45) is 7.05 Å². The van der Waals surface area contributed by atoms with E-state index in [4.69, 9.17) is 16.3 Å². The predicted molar refractivity (Wildman–Crippen MR) is 100 cm³/mol. The third-order valence-corrected chi connectivity index (χ3v) is 4.74. The summed E-state index contributed by atoms with van der Waals surface area (Å²) in [6.45, 7) is 6.12. The molecular formula is C18H21ClN4O3. The topological polar surface area (TPSA) is 76.5 Å². The van der Waals surface area contributed by atoms with Gasteiger partial charge in [-0.3, -0.25) is 14.3 Å². The third-order valence-electron chi connectivity index (χ3n) is 4.50. The van der Waals surface area contributed by atoms with Crippen molar-refractivity contribution in [2.75, 3.05) is 36.5 Å². The Labute approximate surface area is 156 Å². The zero-order valence-electron chi connectivity index (χ0n) is 15.0. The zero-order chi connectivity index (χ0) is 18.8. The molecule has 1 saturated heterocycles. The number of halogens is 1. The first kappa shape index (κ1) is 18.4. The second kappa shape index (κ2) is 7.47. The van der Waals surface area contributed by atoms with Crippen LogP contribution in [0.2, 0.25) is 5.02 Å². The maximum Gasteiger partial charge on any atom is 0.296 e. The fourth-order valence-corrected chi connectivity index (χ4v) is 3.26. The highest BCUT2D eigenvalue weighted by molar-refractivity contribution is 6.47. The molecule has 3 rings (SSSR count). The second-order valence-corrected chi connectivity index (χ2v) is 6.65. The van der Waals surface area contributed by atoms with E-state index in [1.807, 2.05) is 6.07 Å². The van der Waals surface area contributed by atoms with Crippen LogP contribution in [0.5, 0.6) is 0 Å². The lowest BCUT2D eigenvalue weighted by atomic mass is 10.1. The van der Waals surface area contributed by atoms with E-state index in [-0.39, 0.29) is 0 Å². The van der Waals surface area contributed by atoms with Gasteiger partial charge < -0.3 is 15.0 Å². The Morgan fingerprint density at radius 3 is 2.54 bits per heavy atom. The standard InChI is InChI=1S/C18H21ClN4O3/c1-11-16(12(2)22(3)21-11)17(24)18(25)20-14-10-13(19)4-5-15(14)23-6-8-26-9-7-23/h4-5,10H,6-9H2,1-3H3,(H,20,25). The average molecular weight is 377 g/mol. The number of ketones is 1. The molecule has 1 fully saturated rings. The third kappa shape index (κ3) is 3.59. The van der Waals surface area contributed by atoms with Crippen LogP contribution in [0, 0.1) is 13.8 Å². The molecule has 2 heterocycles. The summed E-state index contributed by atoms with van der Waals surface area (Å²) in [4.78, 5) is 27.3. The van der Waals surface area contributed by atoms with Crippen molar-refractivity contribution in [3.63, 3.8) is 0 Å². The van der Waals surface area contributed by atoms with Crippen molar-refractivity contribution in [3.05, 3.63) is 40.2 Å². The van der Waals surface area contributed by atoms with E-state index in [9.17, 15) is 9.59 Å². The minimum absolute atomic E-state index is 0.333. The number of amides is 1. The number of morpholine rings is 1. The van der Waals surface area contributed by atoms with Crippen molar-refractivity contribution >= 4 is 34.7 Å². The van der Waals surface area contributed by atoms with Gasteiger partial charge in [0, 0.05) is 30.9 Å². The molecule has 1 aromatic heterocycles. The molecular weight excluding hydrogens is 356 g/mol. The monoisotopic (exact) mass is 376 g/mol. The Bertz CT molecular complexity index is 856. The first-order valence-electron chi connectivity index (χ1n) is 8.36. The van der Waals surface area contributed by atoms with Crippen LogP contribution in [0.4, 0.5) is 11.4 Å². The quantitative estimate of drug-likeness (QED) is 0.654. The van der Waals surface area contributed by atoms with E-state index >= 15 is 0 Å². The van der Waals surface area contributed by atoms with E-state index in [0.29, 0.717) is 54.0 Å². The molecule has 138 valence electrons. The molecule has 1 amide bonds. The minimum Gasteiger partial charge on any atom is -0.378 e. The molecule has 0 spiro atoms. The van der Waals surface area contributed by atoms with E-state index < -0.39 is 11.7 Å². The number of nitrogens with zero attached hydrogens (tertiary/aromatic N) is 3. The first-order chi connectivity index (χ1) is 12.4. The number of ether oxygens (including phenoxy) is 1. The molecule has 8 heteroatoms. The van der Waals surface area contributed by atoms with Crippen molar-refractivity contribution < 1.29 is 14.3 Å². The highest BCUT2D eigenvalue weighted by atomic mass is 35.5. The number of aromatic nitrogens is 2. The van der Waals surface area contributed by atoms with Crippen LogP contribution >= 0.6 is 11.6 Å². The molecule has 0 aliphatic carbocycles. The Kier molecular flexibility index (Phi) is 5.29. The number of hydrogen-bond donors (Lipinski definition) is 1. The van der Waals surface area contributed by atoms with Gasteiger partial charge in [0.1, 0.15) is 0 Å². The van der Waals surface area contributed by atoms with Gasteiger partial charge in [-0.05, 0) is 32.0 Å². The Morgan fingerprint density at radius 2 is 1.92 bits per heavy atom. The normalized spacial score (nSPS) is 14.4. The highest BCUT2D eigenvalue weighted by Gasteiger charge is 2.25. The van der Waals surface area contributed by atoms with Crippen LogP contribution in [0.3, 0.4) is 0 Å². The molecule has 0 bridgehead atoms. The van der Waals surface area contributed by atoms with Crippen LogP contribution in [-0.2, 0) is 16.6 Å². The van der Waals surface area contributed by atoms with Gasteiger partial charge in [-0.15, -0.1) is 0 Å². The molecule has 26 heavy (non-hydrogen) atoms. The first-order valence-corrected chi connectivity index (χ1v) is 8.74. The number of aryl methyl sites for hydroxylation is 2. The van der Waals surface area contributed by atoms with Crippen LogP contribution in [-0.4, -0.2) is 47.8 Å². The molecule has 0 atom stereocenters. The summed E-state index contributed by atoms with van der Waals surface area (Å²) in [5.41, 5.74) is 2.85. The number of hydrogen-bond acceptors (Lipinski definition) is 5. The number of Topliss-reactive ketones (excluding diaryl/α,β-unsaturated/α-hetero) is 1. The van der Waals surface area contributed by atoms with Gasteiger partial charge in [0.05, 0.1) is 35.8 Å². The van der Waals surface area contributed by atoms with Crippen molar-refractivity contribution in [2.45, 2.75) is 13.8 Å². The fraction of sp³-hybridized carbons (Fsp3) is 0.389. The molecule has 7 nitrogen and oxygen atoms in total. The van der Waals surface area contributed by atoms with Gasteiger partial charge in [-0.2, -0.15) is 5.10 Å². The summed E-state index contributed by atoms with van der Waals surface area (Å²) in [5, 5.41) is 7.40. The molecule has 1 aliphatic rings. The predicted octanol–water partition coefficient (Wildman–Crippen LogP) is 2.35. The van der Waals surface area contributed by atoms with Gasteiger partial charge in [-0.25, -0.2) is 0 Å². The Hall–Kier alpha value is -2.38. The number of carbonyl (C=O) groups is 2. The second-order valence-electron chi connectivity index (χ2n) is 6.21. The number of nitrogens with one attached hydrogen (secondary N) is 1. The SMILES string of the molecule is Cc1nn(C)c(C)c1C(=O)C(=O)Nc1cc(Cl)ccc1N1CCOCC1. The number of carbonyl (C=O) groups excluding carboxylic acids is 2. The van der Waals surface area contributed by atoms with E-state index in [0.717, 1.165) is 5.69 Å². The summed E-state index contributed by atoms with van der Waals surface area (Å²) in [6, 6.07) is 5.26. The summed E-state index contributed by atoms with van der Waals surface area (Å²) in [7, 11) is 1.74. The molecule has 1 aromatic carbocycles. The number of anilines is 2. The summed E-state index contributed by atoms with van der Waals surface area (Å²) < 4.78 is 6.96. The van der Waals surface area contributed by atoms with Crippen LogP contribution in [0.1, 0.15) is 21.7 Å². The van der Waals surface area contributed by atoms with Crippen molar-refractivity contribution in [1.29, 1.82) is 0 Å². The highest BCUT2D eigenvalue weighted by Crippen LogP contribution is 2.30. The van der Waals surface area contributed by atoms with E-state index in [2.05, 4.69) is 15.3 Å². The Morgan fingerprint density at radius 1 is 1.23 bits per heavy atom.